The van der Waals surface area contributed by atoms with Crippen LogP contribution in [-0.4, -0.2) is 121 Å². The highest BCUT2D eigenvalue weighted by molar-refractivity contribution is 4.91. The maximum Gasteiger partial charge on any atom is 0.187 e. The lowest BCUT2D eigenvalue weighted by atomic mass is 9.98. The van der Waals surface area contributed by atoms with Crippen molar-refractivity contribution >= 4 is 0 Å². The molecule has 1 aliphatic heterocycles. The summed E-state index contributed by atoms with van der Waals surface area (Å²) >= 11 is 0. The summed E-state index contributed by atoms with van der Waals surface area (Å²) in [5.74, 6) is 0. The maximum atomic E-state index is 9.83. The Morgan fingerprint density at radius 1 is 0.826 bits per heavy atom. The molecule has 11 nitrogen and oxygen atoms in total. The normalized spacial score (nSPS) is 37.2. The number of rotatable bonds is 8. The first-order valence-corrected chi connectivity index (χ1v) is 7.00. The monoisotopic (exact) mass is 344 g/mol. The third kappa shape index (κ3) is 4.78. The van der Waals surface area contributed by atoms with E-state index >= 15 is 0 Å². The Bertz CT molecular complexity index is 341. The Balaban J connectivity index is 2.89. The van der Waals surface area contributed by atoms with E-state index in [1.54, 1.807) is 0 Å². The van der Waals surface area contributed by atoms with Gasteiger partial charge >= 0.3 is 0 Å². The summed E-state index contributed by atoms with van der Waals surface area (Å²) < 4.78 is 10.1. The molecule has 0 aromatic carbocycles. The number of aliphatic hydroxyl groups excluding tert-OH is 9. The molecule has 9 atom stereocenters. The minimum Gasteiger partial charge on any atom is -0.394 e. The zero-order valence-corrected chi connectivity index (χ0v) is 12.2. The number of hydrogen-bond donors (Lipinski definition) is 9. The van der Waals surface area contributed by atoms with E-state index in [1.807, 2.05) is 0 Å². The lowest BCUT2D eigenvalue weighted by molar-refractivity contribution is -0.327. The first-order valence-electron chi connectivity index (χ1n) is 7.00. The molecule has 138 valence electrons. The summed E-state index contributed by atoms with van der Waals surface area (Å²) in [6.07, 6.45) is -15.1. The third-order valence-corrected chi connectivity index (χ3v) is 3.62. The second kappa shape index (κ2) is 9.15. The van der Waals surface area contributed by atoms with Crippen molar-refractivity contribution in [2.24, 2.45) is 0 Å². The molecule has 23 heavy (non-hydrogen) atoms. The van der Waals surface area contributed by atoms with Crippen molar-refractivity contribution < 1.29 is 55.4 Å². The Labute approximate surface area is 131 Å². The van der Waals surface area contributed by atoms with Gasteiger partial charge in [-0.25, -0.2) is 0 Å². The molecule has 1 unspecified atom stereocenters. The van der Waals surface area contributed by atoms with Gasteiger partial charge in [-0.05, 0) is 0 Å². The molecule has 9 N–H and O–H groups in total. The van der Waals surface area contributed by atoms with Crippen LogP contribution in [0.25, 0.3) is 0 Å². The average molecular weight is 344 g/mol. The highest BCUT2D eigenvalue weighted by Crippen LogP contribution is 2.24. The summed E-state index contributed by atoms with van der Waals surface area (Å²) in [6.45, 7) is -2.45. The molecule has 0 radical (unpaired) electrons. The van der Waals surface area contributed by atoms with Crippen LogP contribution in [0.1, 0.15) is 0 Å². The summed E-state index contributed by atoms with van der Waals surface area (Å²) in [5.41, 5.74) is 0. The largest absolute Gasteiger partial charge is 0.394 e. The van der Waals surface area contributed by atoms with Gasteiger partial charge in [0.2, 0.25) is 0 Å². The van der Waals surface area contributed by atoms with Crippen LogP contribution < -0.4 is 0 Å². The number of hydrogen-bond acceptors (Lipinski definition) is 11. The summed E-state index contributed by atoms with van der Waals surface area (Å²) in [7, 11) is 0. The molecule has 1 saturated heterocycles. The topological polar surface area (TPSA) is 201 Å². The third-order valence-electron chi connectivity index (χ3n) is 3.62. The van der Waals surface area contributed by atoms with E-state index in [0.717, 1.165) is 0 Å². The summed E-state index contributed by atoms with van der Waals surface area (Å²) in [5, 5.41) is 84.9. The molecule has 1 fully saturated rings. The van der Waals surface area contributed by atoms with E-state index in [4.69, 9.17) is 24.8 Å². The fourth-order valence-electron chi connectivity index (χ4n) is 2.16. The van der Waals surface area contributed by atoms with Gasteiger partial charge in [0.15, 0.2) is 6.29 Å². The van der Waals surface area contributed by atoms with Crippen molar-refractivity contribution in [2.75, 3.05) is 19.8 Å². The molecule has 1 aliphatic rings. The van der Waals surface area contributed by atoms with Crippen LogP contribution in [-0.2, 0) is 9.47 Å². The minimum atomic E-state index is -1.85. The zero-order chi connectivity index (χ0) is 17.7. The fraction of sp³-hybridized carbons (Fsp3) is 1.00. The van der Waals surface area contributed by atoms with Gasteiger partial charge in [0.1, 0.15) is 48.8 Å². The van der Waals surface area contributed by atoms with Gasteiger partial charge in [0, 0.05) is 0 Å². The van der Waals surface area contributed by atoms with E-state index in [0.29, 0.717) is 0 Å². The van der Waals surface area contributed by atoms with Gasteiger partial charge in [0.25, 0.3) is 0 Å². The molecule has 11 heteroatoms. The predicted octanol–water partition coefficient (Wildman–Crippen LogP) is -5.76. The molecular formula is C12H24O11. The van der Waals surface area contributed by atoms with Gasteiger partial charge in [-0.15, -0.1) is 0 Å². The van der Waals surface area contributed by atoms with Crippen LogP contribution in [0.2, 0.25) is 0 Å². The van der Waals surface area contributed by atoms with Gasteiger partial charge in [-0.3, -0.25) is 0 Å². The van der Waals surface area contributed by atoms with Crippen molar-refractivity contribution in [3.05, 3.63) is 0 Å². The number of ether oxygens (including phenoxy) is 2. The van der Waals surface area contributed by atoms with E-state index in [-0.39, 0.29) is 0 Å². The molecule has 1 heterocycles. The first-order chi connectivity index (χ1) is 10.8. The molecule has 0 saturated carbocycles. The van der Waals surface area contributed by atoms with Crippen molar-refractivity contribution in [2.45, 2.75) is 55.1 Å². The average Bonchev–Trinajstić information content (AvgIpc) is 2.57. The molecule has 0 spiro atoms. The van der Waals surface area contributed by atoms with Crippen LogP contribution in [0.3, 0.4) is 0 Å². The molecule has 0 aromatic heterocycles. The van der Waals surface area contributed by atoms with E-state index in [9.17, 15) is 30.6 Å². The second-order valence-electron chi connectivity index (χ2n) is 5.29. The van der Waals surface area contributed by atoms with E-state index < -0.39 is 74.9 Å². The zero-order valence-electron chi connectivity index (χ0n) is 12.2. The maximum absolute atomic E-state index is 9.83. The molecule has 0 amide bonds. The quantitative estimate of drug-likeness (QED) is 0.203. The molecule has 1 rings (SSSR count). The Morgan fingerprint density at radius 2 is 1.39 bits per heavy atom. The Kier molecular flexibility index (Phi) is 8.20. The SMILES string of the molecule is OC[C@@H](O)[C@@H](O[C@H]1O[C@H](CO)[C@H](O)C(O)[C@H]1O)[C@H](O)[C@@H](O)CO. The van der Waals surface area contributed by atoms with Crippen LogP contribution in [0.15, 0.2) is 0 Å². The predicted molar refractivity (Wildman–Crippen MR) is 70.8 cm³/mol. The van der Waals surface area contributed by atoms with Crippen LogP contribution >= 0.6 is 0 Å². The van der Waals surface area contributed by atoms with Crippen LogP contribution in [0.4, 0.5) is 0 Å². The Morgan fingerprint density at radius 3 is 1.87 bits per heavy atom. The van der Waals surface area contributed by atoms with Crippen LogP contribution in [0, 0.1) is 0 Å². The van der Waals surface area contributed by atoms with Crippen molar-refractivity contribution in [1.82, 2.24) is 0 Å². The number of aliphatic hydroxyl groups is 9. The lowest BCUT2D eigenvalue weighted by Crippen LogP contribution is -2.61. The summed E-state index contributed by atoms with van der Waals surface area (Å²) in [4.78, 5) is 0. The Hall–Kier alpha value is -0.440. The highest BCUT2D eigenvalue weighted by Gasteiger charge is 2.46. The van der Waals surface area contributed by atoms with Gasteiger partial charge < -0.3 is 55.4 Å². The molecule has 0 aromatic rings. The molecule has 0 bridgehead atoms. The van der Waals surface area contributed by atoms with Gasteiger partial charge in [0.05, 0.1) is 19.8 Å². The van der Waals surface area contributed by atoms with Crippen molar-refractivity contribution in [3.8, 4) is 0 Å². The van der Waals surface area contributed by atoms with E-state index in [2.05, 4.69) is 0 Å². The van der Waals surface area contributed by atoms with Crippen molar-refractivity contribution in [1.29, 1.82) is 0 Å². The lowest BCUT2D eigenvalue weighted by Gasteiger charge is -2.42. The second-order valence-corrected chi connectivity index (χ2v) is 5.29. The van der Waals surface area contributed by atoms with Crippen molar-refractivity contribution in [3.63, 3.8) is 0 Å². The first kappa shape index (κ1) is 20.6. The minimum absolute atomic E-state index is 0.708. The van der Waals surface area contributed by atoms with E-state index in [1.165, 1.54) is 0 Å². The molecular weight excluding hydrogens is 320 g/mol. The standard InChI is InChI=1S/C12H24O11/c13-1-4(16)7(18)11(5(17)2-14)23-12-10(21)9(20)8(19)6(3-15)22-12/h4-21H,1-3H2/t4-,5+,6+,7+,8-,9?,10+,11+,12+/m0/s1. The van der Waals surface area contributed by atoms with Crippen LogP contribution in [0.5, 0.6) is 0 Å². The summed E-state index contributed by atoms with van der Waals surface area (Å²) in [6, 6.07) is 0. The fourth-order valence-corrected chi connectivity index (χ4v) is 2.16. The van der Waals surface area contributed by atoms with Gasteiger partial charge in [-0.2, -0.15) is 0 Å². The highest BCUT2D eigenvalue weighted by atomic mass is 16.7. The smallest absolute Gasteiger partial charge is 0.187 e. The van der Waals surface area contributed by atoms with Gasteiger partial charge in [-0.1, -0.05) is 0 Å². The molecule has 0 aliphatic carbocycles.